The number of para-hydroxylation sites is 2. The number of hydrogen-bond donors (Lipinski definition) is 2. The predicted molar refractivity (Wildman–Crippen MR) is 99.7 cm³/mol. The fraction of sp³-hybridized carbons (Fsp3) is 0.167. The highest BCUT2D eigenvalue weighted by Crippen LogP contribution is 2.37. The normalized spacial score (nSPS) is 10.9. The maximum Gasteiger partial charge on any atom is 0.293 e. The number of benzene rings is 2. The van der Waals surface area contributed by atoms with E-state index in [1.54, 1.807) is 24.3 Å². The van der Waals surface area contributed by atoms with Gasteiger partial charge in [-0.2, -0.15) is 5.10 Å². The molecular formula is C18H18N4O4. The van der Waals surface area contributed by atoms with Gasteiger partial charge in [0.05, 0.1) is 38.6 Å². The monoisotopic (exact) mass is 354 g/mol. The van der Waals surface area contributed by atoms with Crippen molar-refractivity contribution in [3.8, 4) is 17.2 Å². The fourth-order valence-corrected chi connectivity index (χ4v) is 2.45. The third-order valence-corrected chi connectivity index (χ3v) is 3.67. The summed E-state index contributed by atoms with van der Waals surface area (Å²) in [5, 5.41) is 4.08. The van der Waals surface area contributed by atoms with Gasteiger partial charge >= 0.3 is 0 Å². The highest BCUT2D eigenvalue weighted by molar-refractivity contribution is 5.83. The van der Waals surface area contributed by atoms with Gasteiger partial charge in [-0.3, -0.25) is 10.2 Å². The standard InChI is InChI=1S/C18H18N4O4/c1-24-14-8-11(9-15(25-2)16(14)26-3)10-19-22-17-18(23)21-13-7-5-4-6-12(13)20-17/h4-10H,1-3H3,(H,20,22)(H,21,23)/b19-10-. The molecule has 0 aliphatic carbocycles. The average Bonchev–Trinajstić information content (AvgIpc) is 2.67. The number of hydrazone groups is 1. The number of nitrogens with zero attached hydrogens (tertiary/aromatic N) is 2. The van der Waals surface area contributed by atoms with E-state index in [0.717, 1.165) is 0 Å². The van der Waals surface area contributed by atoms with Crippen molar-refractivity contribution in [2.24, 2.45) is 5.10 Å². The first kappa shape index (κ1) is 17.3. The quantitative estimate of drug-likeness (QED) is 0.521. The van der Waals surface area contributed by atoms with Crippen LogP contribution in [-0.2, 0) is 0 Å². The zero-order valence-corrected chi connectivity index (χ0v) is 14.6. The van der Waals surface area contributed by atoms with Crippen molar-refractivity contribution in [3.05, 3.63) is 52.3 Å². The maximum absolute atomic E-state index is 12.0. The van der Waals surface area contributed by atoms with E-state index in [0.29, 0.717) is 33.8 Å². The van der Waals surface area contributed by atoms with Crippen molar-refractivity contribution in [2.75, 3.05) is 26.8 Å². The number of aromatic nitrogens is 2. The number of rotatable bonds is 6. The van der Waals surface area contributed by atoms with E-state index in [1.807, 2.05) is 12.1 Å². The van der Waals surface area contributed by atoms with Crippen molar-refractivity contribution in [1.82, 2.24) is 9.97 Å². The first-order chi connectivity index (χ1) is 12.7. The average molecular weight is 354 g/mol. The molecule has 0 fully saturated rings. The molecule has 1 heterocycles. The number of hydrogen-bond acceptors (Lipinski definition) is 7. The molecule has 0 aliphatic rings. The van der Waals surface area contributed by atoms with E-state index >= 15 is 0 Å². The Hall–Kier alpha value is -3.55. The lowest BCUT2D eigenvalue weighted by molar-refractivity contribution is 0.324. The van der Waals surface area contributed by atoms with Crippen LogP contribution in [0.3, 0.4) is 0 Å². The molecular weight excluding hydrogens is 336 g/mol. The van der Waals surface area contributed by atoms with E-state index < -0.39 is 0 Å². The van der Waals surface area contributed by atoms with Crippen molar-refractivity contribution in [3.63, 3.8) is 0 Å². The summed E-state index contributed by atoms with van der Waals surface area (Å²) in [5.41, 5.74) is 4.33. The molecule has 0 radical (unpaired) electrons. The maximum atomic E-state index is 12.0. The first-order valence-corrected chi connectivity index (χ1v) is 7.74. The number of H-pyrrole nitrogens is 1. The summed E-state index contributed by atoms with van der Waals surface area (Å²) >= 11 is 0. The summed E-state index contributed by atoms with van der Waals surface area (Å²) in [6, 6.07) is 10.7. The van der Waals surface area contributed by atoms with Crippen molar-refractivity contribution in [2.45, 2.75) is 0 Å². The number of nitrogens with one attached hydrogen (secondary N) is 2. The molecule has 0 saturated carbocycles. The van der Waals surface area contributed by atoms with Gasteiger partial charge in [0.2, 0.25) is 11.6 Å². The van der Waals surface area contributed by atoms with Crippen LogP contribution in [0.2, 0.25) is 0 Å². The molecule has 0 amide bonds. The van der Waals surface area contributed by atoms with Gasteiger partial charge in [0, 0.05) is 5.56 Å². The Balaban J connectivity index is 1.87. The van der Waals surface area contributed by atoms with Crippen molar-refractivity contribution >= 4 is 23.1 Å². The van der Waals surface area contributed by atoms with E-state index in [-0.39, 0.29) is 11.4 Å². The Bertz CT molecular complexity index is 988. The number of aromatic amines is 1. The van der Waals surface area contributed by atoms with Crippen molar-refractivity contribution < 1.29 is 14.2 Å². The second kappa shape index (κ2) is 7.56. The van der Waals surface area contributed by atoms with E-state index in [2.05, 4.69) is 20.5 Å². The zero-order chi connectivity index (χ0) is 18.5. The van der Waals surface area contributed by atoms with Crippen LogP contribution in [0.4, 0.5) is 5.82 Å². The molecule has 0 aliphatic heterocycles. The summed E-state index contributed by atoms with van der Waals surface area (Å²) in [6.45, 7) is 0. The minimum atomic E-state index is -0.356. The van der Waals surface area contributed by atoms with E-state index in [1.165, 1.54) is 27.5 Å². The Morgan fingerprint density at radius 3 is 2.42 bits per heavy atom. The molecule has 0 unspecified atom stereocenters. The van der Waals surface area contributed by atoms with Gasteiger partial charge in [-0.05, 0) is 24.3 Å². The van der Waals surface area contributed by atoms with Crippen LogP contribution in [-0.4, -0.2) is 37.5 Å². The molecule has 0 saturated heterocycles. The summed E-state index contributed by atoms with van der Waals surface area (Å²) in [4.78, 5) is 19.1. The Labute approximate surface area is 149 Å². The second-order valence-corrected chi connectivity index (χ2v) is 5.26. The predicted octanol–water partition coefficient (Wildman–Crippen LogP) is 2.39. The van der Waals surface area contributed by atoms with Gasteiger partial charge in [-0.1, -0.05) is 12.1 Å². The van der Waals surface area contributed by atoms with Crippen LogP contribution >= 0.6 is 0 Å². The lowest BCUT2D eigenvalue weighted by Gasteiger charge is -2.12. The number of fused-ring (bicyclic) bond motifs is 1. The van der Waals surface area contributed by atoms with Gasteiger partial charge in [0.25, 0.3) is 5.56 Å². The van der Waals surface area contributed by atoms with Crippen LogP contribution in [0, 0.1) is 0 Å². The van der Waals surface area contributed by atoms with Crippen LogP contribution in [0.25, 0.3) is 11.0 Å². The molecule has 26 heavy (non-hydrogen) atoms. The van der Waals surface area contributed by atoms with Gasteiger partial charge in [-0.25, -0.2) is 4.98 Å². The molecule has 2 aromatic carbocycles. The molecule has 8 heteroatoms. The fourth-order valence-electron chi connectivity index (χ4n) is 2.45. The molecule has 0 bridgehead atoms. The van der Waals surface area contributed by atoms with Crippen LogP contribution in [0.1, 0.15) is 5.56 Å². The van der Waals surface area contributed by atoms with Crippen LogP contribution < -0.4 is 25.2 Å². The molecule has 3 rings (SSSR count). The van der Waals surface area contributed by atoms with Gasteiger partial charge in [0.1, 0.15) is 0 Å². The molecule has 134 valence electrons. The SMILES string of the molecule is COc1cc(/C=N\Nc2nc3ccccc3[nH]c2=O)cc(OC)c1OC. The van der Waals surface area contributed by atoms with Crippen LogP contribution in [0.5, 0.6) is 17.2 Å². The summed E-state index contributed by atoms with van der Waals surface area (Å²) in [6.07, 6.45) is 1.53. The number of ether oxygens (including phenoxy) is 3. The van der Waals surface area contributed by atoms with Crippen molar-refractivity contribution in [1.29, 1.82) is 0 Å². The zero-order valence-electron chi connectivity index (χ0n) is 14.6. The van der Waals surface area contributed by atoms with Gasteiger partial charge < -0.3 is 19.2 Å². The smallest absolute Gasteiger partial charge is 0.293 e. The highest BCUT2D eigenvalue weighted by Gasteiger charge is 2.12. The molecule has 3 aromatic rings. The minimum Gasteiger partial charge on any atom is -0.493 e. The molecule has 8 nitrogen and oxygen atoms in total. The lowest BCUT2D eigenvalue weighted by Crippen LogP contribution is -2.13. The highest BCUT2D eigenvalue weighted by atomic mass is 16.5. The summed E-state index contributed by atoms with van der Waals surface area (Å²) in [5.74, 6) is 1.62. The summed E-state index contributed by atoms with van der Waals surface area (Å²) < 4.78 is 15.9. The third kappa shape index (κ3) is 3.44. The Kier molecular flexibility index (Phi) is 5.02. The third-order valence-electron chi connectivity index (χ3n) is 3.67. The van der Waals surface area contributed by atoms with Crippen LogP contribution in [0.15, 0.2) is 46.3 Å². The molecule has 2 N–H and O–H groups in total. The molecule has 0 spiro atoms. The van der Waals surface area contributed by atoms with Gasteiger partial charge in [0.15, 0.2) is 11.5 Å². The molecule has 1 aromatic heterocycles. The Morgan fingerprint density at radius 2 is 1.77 bits per heavy atom. The number of methoxy groups -OCH3 is 3. The van der Waals surface area contributed by atoms with E-state index in [9.17, 15) is 4.79 Å². The van der Waals surface area contributed by atoms with E-state index in [4.69, 9.17) is 14.2 Å². The summed E-state index contributed by atoms with van der Waals surface area (Å²) in [7, 11) is 4.61. The first-order valence-electron chi connectivity index (χ1n) is 7.74. The largest absolute Gasteiger partial charge is 0.493 e. The minimum absolute atomic E-state index is 0.104. The number of anilines is 1. The topological polar surface area (TPSA) is 97.8 Å². The lowest BCUT2D eigenvalue weighted by atomic mass is 10.2. The molecule has 0 atom stereocenters. The van der Waals surface area contributed by atoms with Gasteiger partial charge in [-0.15, -0.1) is 0 Å². The second-order valence-electron chi connectivity index (χ2n) is 5.26. The Morgan fingerprint density at radius 1 is 1.08 bits per heavy atom.